The normalized spacial score (nSPS) is 10.8. The zero-order valence-electron chi connectivity index (χ0n) is 12.4. The van der Waals surface area contributed by atoms with Crippen molar-refractivity contribution >= 4 is 36.4 Å². The smallest absolute Gasteiger partial charge is 0.224 e. The molecule has 1 atom stereocenters. The number of hydrogen-bond acceptors (Lipinski definition) is 3. The molecule has 6 heteroatoms. The van der Waals surface area contributed by atoms with Gasteiger partial charge in [-0.3, -0.25) is 9.78 Å². The third kappa shape index (κ3) is 5.92. The number of anilines is 1. The second-order valence-electron chi connectivity index (χ2n) is 4.73. The summed E-state index contributed by atoms with van der Waals surface area (Å²) in [5, 5.41) is 3.05. The lowest BCUT2D eigenvalue weighted by atomic mass is 10.1. The number of amides is 1. The van der Waals surface area contributed by atoms with Crippen molar-refractivity contribution in [3.63, 3.8) is 0 Å². The average molecular weight is 342 g/mol. The fourth-order valence-corrected chi connectivity index (χ4v) is 2.08. The molecule has 0 radical (unpaired) electrons. The van der Waals surface area contributed by atoms with E-state index in [2.05, 4.69) is 17.2 Å². The third-order valence-electron chi connectivity index (χ3n) is 3.20. The molecule has 1 unspecified atom stereocenters. The van der Waals surface area contributed by atoms with Gasteiger partial charge in [-0.25, -0.2) is 0 Å². The number of halogens is 2. The van der Waals surface area contributed by atoms with Gasteiger partial charge in [0.2, 0.25) is 5.91 Å². The van der Waals surface area contributed by atoms with Crippen molar-refractivity contribution in [3.8, 4) is 0 Å². The summed E-state index contributed by atoms with van der Waals surface area (Å²) in [6.07, 6.45) is 4.69. The van der Waals surface area contributed by atoms with Crippen LogP contribution < -0.4 is 11.1 Å². The van der Waals surface area contributed by atoms with Crippen molar-refractivity contribution < 1.29 is 4.79 Å². The van der Waals surface area contributed by atoms with E-state index in [1.54, 1.807) is 12.4 Å². The molecule has 3 N–H and O–H groups in total. The Morgan fingerprint density at radius 2 is 1.73 bits per heavy atom. The van der Waals surface area contributed by atoms with Crippen LogP contribution in [0.3, 0.4) is 0 Å². The van der Waals surface area contributed by atoms with E-state index < -0.39 is 0 Å². The largest absolute Gasteiger partial charge is 0.399 e. The van der Waals surface area contributed by atoms with Crippen molar-refractivity contribution in [2.45, 2.75) is 25.8 Å². The molecule has 1 amide bonds. The minimum Gasteiger partial charge on any atom is -0.399 e. The van der Waals surface area contributed by atoms with Gasteiger partial charge in [-0.1, -0.05) is 19.1 Å². The van der Waals surface area contributed by atoms with Gasteiger partial charge in [0.05, 0.1) is 12.5 Å². The van der Waals surface area contributed by atoms with Crippen LogP contribution in [0.15, 0.2) is 48.8 Å². The molecular weight excluding hydrogens is 321 g/mol. The second-order valence-corrected chi connectivity index (χ2v) is 4.73. The van der Waals surface area contributed by atoms with Crippen LogP contribution >= 0.6 is 24.8 Å². The van der Waals surface area contributed by atoms with Crippen molar-refractivity contribution in [3.05, 3.63) is 59.9 Å². The molecule has 0 aliphatic heterocycles. The molecule has 1 heterocycles. The van der Waals surface area contributed by atoms with E-state index >= 15 is 0 Å². The van der Waals surface area contributed by atoms with Crippen LogP contribution in [0, 0.1) is 0 Å². The summed E-state index contributed by atoms with van der Waals surface area (Å²) < 4.78 is 0. The number of nitrogen functional groups attached to an aromatic ring is 1. The summed E-state index contributed by atoms with van der Waals surface area (Å²) in [6, 6.07) is 11.3. The summed E-state index contributed by atoms with van der Waals surface area (Å²) in [5.41, 5.74) is 8.37. The van der Waals surface area contributed by atoms with E-state index in [9.17, 15) is 4.79 Å². The second kappa shape index (κ2) is 10.0. The van der Waals surface area contributed by atoms with Crippen LogP contribution in [0.2, 0.25) is 0 Å². The lowest BCUT2D eigenvalue weighted by molar-refractivity contribution is -0.121. The summed E-state index contributed by atoms with van der Waals surface area (Å²) in [6.45, 7) is 2.05. The lowest BCUT2D eigenvalue weighted by Crippen LogP contribution is -2.29. The topological polar surface area (TPSA) is 68.0 Å². The molecule has 0 saturated heterocycles. The quantitative estimate of drug-likeness (QED) is 0.819. The van der Waals surface area contributed by atoms with Gasteiger partial charge in [0.15, 0.2) is 0 Å². The number of nitrogens with one attached hydrogen (secondary N) is 1. The highest BCUT2D eigenvalue weighted by atomic mass is 35.5. The Morgan fingerprint density at radius 3 is 2.27 bits per heavy atom. The fourth-order valence-electron chi connectivity index (χ4n) is 2.08. The van der Waals surface area contributed by atoms with Crippen molar-refractivity contribution in [2.24, 2.45) is 0 Å². The highest BCUT2D eigenvalue weighted by Crippen LogP contribution is 2.15. The standard InChI is InChI=1S/C16H19N3O.2ClH/c1-2-15(13-7-9-18-10-8-13)19-16(20)11-12-3-5-14(17)6-4-12;;/h3-10,15H,2,11,17H2,1H3,(H,19,20);2*1H. The fraction of sp³-hybridized carbons (Fsp3) is 0.250. The van der Waals surface area contributed by atoms with Gasteiger partial charge >= 0.3 is 0 Å². The van der Waals surface area contributed by atoms with Crippen LogP contribution in [0.4, 0.5) is 5.69 Å². The summed E-state index contributed by atoms with van der Waals surface area (Å²) in [7, 11) is 0. The van der Waals surface area contributed by atoms with Crippen LogP contribution in [0.5, 0.6) is 0 Å². The first-order valence-corrected chi connectivity index (χ1v) is 6.72. The predicted octanol–water partition coefficient (Wildman–Crippen LogP) is 3.32. The van der Waals surface area contributed by atoms with Gasteiger partial charge in [-0.15, -0.1) is 24.8 Å². The van der Waals surface area contributed by atoms with Crippen LogP contribution in [-0.2, 0) is 11.2 Å². The first kappa shape index (κ1) is 20.2. The number of nitrogens with two attached hydrogens (primary N) is 1. The lowest BCUT2D eigenvalue weighted by Gasteiger charge is -2.17. The summed E-state index contributed by atoms with van der Waals surface area (Å²) in [4.78, 5) is 16.1. The highest BCUT2D eigenvalue weighted by molar-refractivity contribution is 5.85. The zero-order valence-corrected chi connectivity index (χ0v) is 14.0. The highest BCUT2D eigenvalue weighted by Gasteiger charge is 2.12. The van der Waals surface area contributed by atoms with Crippen LogP contribution in [-0.4, -0.2) is 10.9 Å². The summed E-state index contributed by atoms with van der Waals surface area (Å²) in [5.74, 6) is 0.0124. The number of rotatable bonds is 5. The zero-order chi connectivity index (χ0) is 14.4. The van der Waals surface area contributed by atoms with Gasteiger partial charge in [0.25, 0.3) is 0 Å². The number of carbonyl (C=O) groups is 1. The van der Waals surface area contributed by atoms with E-state index in [0.29, 0.717) is 12.1 Å². The molecule has 1 aromatic carbocycles. The van der Waals surface area contributed by atoms with Gasteiger partial charge < -0.3 is 11.1 Å². The molecule has 0 spiro atoms. The molecule has 0 aliphatic rings. The molecule has 2 aromatic rings. The average Bonchev–Trinajstić information content (AvgIpc) is 2.48. The Morgan fingerprint density at radius 1 is 1.14 bits per heavy atom. The molecule has 0 fully saturated rings. The summed E-state index contributed by atoms with van der Waals surface area (Å²) >= 11 is 0. The molecule has 0 bridgehead atoms. The Bertz CT molecular complexity index is 561. The Labute approximate surface area is 143 Å². The molecule has 0 saturated carbocycles. The van der Waals surface area contributed by atoms with E-state index in [-0.39, 0.29) is 36.8 Å². The maximum absolute atomic E-state index is 12.1. The van der Waals surface area contributed by atoms with E-state index in [1.807, 2.05) is 36.4 Å². The van der Waals surface area contributed by atoms with Crippen LogP contribution in [0.25, 0.3) is 0 Å². The molecule has 1 aromatic heterocycles. The van der Waals surface area contributed by atoms with Crippen molar-refractivity contribution in [2.75, 3.05) is 5.73 Å². The van der Waals surface area contributed by atoms with Gasteiger partial charge in [0, 0.05) is 18.1 Å². The van der Waals surface area contributed by atoms with E-state index in [1.165, 1.54) is 0 Å². The molecule has 22 heavy (non-hydrogen) atoms. The number of nitrogens with zero attached hydrogens (tertiary/aromatic N) is 1. The third-order valence-corrected chi connectivity index (χ3v) is 3.20. The number of carbonyl (C=O) groups excluding carboxylic acids is 1. The van der Waals surface area contributed by atoms with Gasteiger partial charge in [-0.2, -0.15) is 0 Å². The molecule has 2 rings (SSSR count). The monoisotopic (exact) mass is 341 g/mol. The first-order valence-electron chi connectivity index (χ1n) is 6.72. The van der Waals surface area contributed by atoms with Gasteiger partial charge in [0.1, 0.15) is 0 Å². The molecular formula is C16H21Cl2N3O. The Hall–Kier alpha value is -1.78. The Kier molecular flexibility index (Phi) is 9.22. The SMILES string of the molecule is CCC(NC(=O)Cc1ccc(N)cc1)c1ccncc1.Cl.Cl. The predicted molar refractivity (Wildman–Crippen MR) is 94.5 cm³/mol. The van der Waals surface area contributed by atoms with Crippen LogP contribution in [0.1, 0.15) is 30.5 Å². The number of pyridine rings is 1. The minimum absolute atomic E-state index is 0. The number of hydrogen-bond donors (Lipinski definition) is 2. The molecule has 4 nitrogen and oxygen atoms in total. The number of aromatic nitrogens is 1. The Balaban J connectivity index is 0.00000220. The van der Waals surface area contributed by atoms with E-state index in [0.717, 1.165) is 17.5 Å². The maximum atomic E-state index is 12.1. The van der Waals surface area contributed by atoms with Crippen molar-refractivity contribution in [1.82, 2.24) is 10.3 Å². The first-order chi connectivity index (χ1) is 9.69. The molecule has 0 aliphatic carbocycles. The van der Waals surface area contributed by atoms with Crippen molar-refractivity contribution in [1.29, 1.82) is 0 Å². The maximum Gasteiger partial charge on any atom is 0.224 e. The molecule has 120 valence electrons. The van der Waals surface area contributed by atoms with Gasteiger partial charge in [-0.05, 0) is 41.8 Å². The number of benzene rings is 1. The minimum atomic E-state index is 0. The van der Waals surface area contributed by atoms with E-state index in [4.69, 9.17) is 5.73 Å².